The number of nitrogens with zero attached hydrogens (tertiary/aromatic N) is 4. The summed E-state index contributed by atoms with van der Waals surface area (Å²) in [6, 6.07) is 15.3. The third kappa shape index (κ3) is 3.86. The number of amidine groups is 1. The minimum absolute atomic E-state index is 0.0458. The number of benzene rings is 2. The standard InChI is InChI=1S/C21H19BrN4O2S/c1-2-3-6-14-9-11-15(12-10-14)25-18(27)13-29-21(25)24-23-19-16-7-4-5-8-17(16)26(22)20(19)28/h4-5,7-12H,2-3,6,13H2,1H3. The molecule has 2 heterocycles. The van der Waals surface area contributed by atoms with E-state index in [0.29, 0.717) is 16.5 Å². The molecule has 1 saturated heterocycles. The molecule has 0 aliphatic carbocycles. The van der Waals surface area contributed by atoms with Gasteiger partial charge in [0.25, 0.3) is 5.91 Å². The lowest BCUT2D eigenvalue weighted by molar-refractivity contribution is -0.115. The highest BCUT2D eigenvalue weighted by Crippen LogP contribution is 2.32. The molecule has 2 aromatic carbocycles. The van der Waals surface area contributed by atoms with Gasteiger partial charge >= 0.3 is 0 Å². The molecule has 0 atom stereocenters. The van der Waals surface area contributed by atoms with Crippen molar-refractivity contribution in [2.24, 2.45) is 10.2 Å². The number of aryl methyl sites for hydroxylation is 1. The van der Waals surface area contributed by atoms with Gasteiger partial charge in [-0.25, -0.2) is 3.93 Å². The van der Waals surface area contributed by atoms with Gasteiger partial charge < -0.3 is 0 Å². The minimum atomic E-state index is -0.281. The molecule has 4 rings (SSSR count). The summed E-state index contributed by atoms with van der Waals surface area (Å²) in [4.78, 5) is 26.5. The highest BCUT2D eigenvalue weighted by molar-refractivity contribution is 9.10. The molecule has 2 aliphatic heterocycles. The van der Waals surface area contributed by atoms with Crippen LogP contribution in [0.15, 0.2) is 58.7 Å². The van der Waals surface area contributed by atoms with Crippen LogP contribution in [0, 0.1) is 0 Å². The van der Waals surface area contributed by atoms with Crippen molar-refractivity contribution in [3.63, 3.8) is 0 Å². The van der Waals surface area contributed by atoms with E-state index < -0.39 is 0 Å². The molecule has 8 heteroatoms. The highest BCUT2D eigenvalue weighted by Gasteiger charge is 2.34. The van der Waals surface area contributed by atoms with Gasteiger partial charge in [-0.3, -0.25) is 14.5 Å². The van der Waals surface area contributed by atoms with E-state index in [1.165, 1.54) is 21.3 Å². The Balaban J connectivity index is 1.62. The molecule has 1 fully saturated rings. The number of fused-ring (bicyclic) bond motifs is 1. The smallest absolute Gasteiger partial charge is 0.273 e. The first-order valence-electron chi connectivity index (χ1n) is 9.40. The molecular weight excluding hydrogens is 452 g/mol. The van der Waals surface area contributed by atoms with E-state index >= 15 is 0 Å². The lowest BCUT2D eigenvalue weighted by atomic mass is 10.1. The van der Waals surface area contributed by atoms with E-state index in [2.05, 4.69) is 33.3 Å². The van der Waals surface area contributed by atoms with Crippen LogP contribution in [0.4, 0.5) is 11.4 Å². The van der Waals surface area contributed by atoms with Crippen LogP contribution in [0.2, 0.25) is 0 Å². The first kappa shape index (κ1) is 19.8. The highest BCUT2D eigenvalue weighted by atomic mass is 79.9. The fourth-order valence-corrected chi connectivity index (χ4v) is 4.53. The molecule has 2 amide bonds. The number of anilines is 2. The Hall–Kier alpha value is -2.45. The summed E-state index contributed by atoms with van der Waals surface area (Å²) < 4.78 is 1.38. The predicted octanol–water partition coefficient (Wildman–Crippen LogP) is 4.53. The van der Waals surface area contributed by atoms with Gasteiger partial charge in [-0.1, -0.05) is 55.4 Å². The third-order valence-electron chi connectivity index (χ3n) is 4.77. The topological polar surface area (TPSA) is 65.3 Å². The average Bonchev–Trinajstić information content (AvgIpc) is 3.23. The second kappa shape index (κ2) is 8.51. The van der Waals surface area contributed by atoms with Crippen LogP contribution in [0.1, 0.15) is 30.9 Å². The molecule has 148 valence electrons. The normalized spacial score (nSPS) is 19.0. The van der Waals surface area contributed by atoms with Crippen LogP contribution in [0.5, 0.6) is 0 Å². The van der Waals surface area contributed by atoms with Crippen LogP contribution in [0.25, 0.3) is 0 Å². The van der Waals surface area contributed by atoms with Crippen LogP contribution in [-0.2, 0) is 16.0 Å². The summed E-state index contributed by atoms with van der Waals surface area (Å²) in [5.74, 6) is -0.0247. The summed E-state index contributed by atoms with van der Waals surface area (Å²) in [6.45, 7) is 2.17. The Labute approximate surface area is 182 Å². The first-order valence-corrected chi connectivity index (χ1v) is 11.1. The van der Waals surface area contributed by atoms with Crippen molar-refractivity contribution in [1.82, 2.24) is 0 Å². The van der Waals surface area contributed by atoms with Crippen molar-refractivity contribution < 1.29 is 9.59 Å². The molecule has 2 aliphatic rings. The molecule has 0 unspecified atom stereocenters. The van der Waals surface area contributed by atoms with E-state index in [9.17, 15) is 9.59 Å². The molecule has 6 nitrogen and oxygen atoms in total. The van der Waals surface area contributed by atoms with Crippen LogP contribution in [-0.4, -0.2) is 28.4 Å². The van der Waals surface area contributed by atoms with E-state index in [1.54, 1.807) is 4.90 Å². The number of thioether (sulfide) groups is 1. The third-order valence-corrected chi connectivity index (χ3v) is 6.38. The monoisotopic (exact) mass is 470 g/mol. The molecule has 0 bridgehead atoms. The Morgan fingerprint density at radius 3 is 2.59 bits per heavy atom. The van der Waals surface area contributed by atoms with Crippen LogP contribution >= 0.6 is 27.9 Å². The number of amides is 2. The van der Waals surface area contributed by atoms with Crippen LogP contribution < -0.4 is 8.83 Å². The molecule has 0 radical (unpaired) electrons. The zero-order valence-electron chi connectivity index (χ0n) is 15.8. The number of unbranched alkanes of at least 4 members (excludes halogenated alkanes) is 1. The lowest BCUT2D eigenvalue weighted by Gasteiger charge is -2.15. The summed E-state index contributed by atoms with van der Waals surface area (Å²) in [5, 5.41) is 8.96. The molecule has 0 aromatic heterocycles. The van der Waals surface area contributed by atoms with Gasteiger partial charge in [0, 0.05) is 5.56 Å². The zero-order chi connectivity index (χ0) is 20.4. The van der Waals surface area contributed by atoms with Crippen molar-refractivity contribution in [3.8, 4) is 0 Å². The predicted molar refractivity (Wildman–Crippen MR) is 122 cm³/mol. The maximum absolute atomic E-state index is 12.5. The van der Waals surface area contributed by atoms with Crippen molar-refractivity contribution in [2.75, 3.05) is 14.6 Å². The number of carbonyl (C=O) groups excluding carboxylic acids is 2. The summed E-state index contributed by atoms with van der Waals surface area (Å²) >= 11 is 4.58. The summed E-state index contributed by atoms with van der Waals surface area (Å²) in [7, 11) is 0. The van der Waals surface area contributed by atoms with Gasteiger partial charge in [0.1, 0.15) is 0 Å². The van der Waals surface area contributed by atoms with E-state index in [4.69, 9.17) is 0 Å². The van der Waals surface area contributed by atoms with Gasteiger partial charge in [-0.2, -0.15) is 0 Å². The molecule has 2 aromatic rings. The quantitative estimate of drug-likeness (QED) is 0.476. The Morgan fingerprint density at radius 1 is 1.07 bits per heavy atom. The maximum Gasteiger partial charge on any atom is 0.289 e. The van der Waals surface area contributed by atoms with Crippen molar-refractivity contribution >= 4 is 62.0 Å². The van der Waals surface area contributed by atoms with Gasteiger partial charge in [0.15, 0.2) is 10.9 Å². The van der Waals surface area contributed by atoms with Gasteiger partial charge in [-0.05, 0) is 36.6 Å². The van der Waals surface area contributed by atoms with Crippen molar-refractivity contribution in [3.05, 3.63) is 59.7 Å². The van der Waals surface area contributed by atoms with E-state index in [0.717, 1.165) is 30.6 Å². The maximum atomic E-state index is 12.5. The largest absolute Gasteiger partial charge is 0.289 e. The SMILES string of the molecule is CCCCc1ccc(N2C(=O)CSC2=NN=C2C(=O)N(Br)c3ccccc32)cc1. The average molecular weight is 471 g/mol. The Morgan fingerprint density at radius 2 is 1.83 bits per heavy atom. The number of para-hydroxylation sites is 1. The van der Waals surface area contributed by atoms with Gasteiger partial charge in [0.05, 0.1) is 33.3 Å². The number of hydrogen-bond donors (Lipinski definition) is 0. The molecular formula is C21H19BrN4O2S. The fourth-order valence-electron chi connectivity index (χ4n) is 3.23. The molecule has 0 N–H and O–H groups in total. The second-order valence-electron chi connectivity index (χ2n) is 6.72. The summed E-state index contributed by atoms with van der Waals surface area (Å²) in [5.41, 5.74) is 3.70. The lowest BCUT2D eigenvalue weighted by Crippen LogP contribution is -2.29. The Bertz CT molecular complexity index is 1020. The van der Waals surface area contributed by atoms with E-state index in [-0.39, 0.29) is 17.5 Å². The number of rotatable bonds is 5. The van der Waals surface area contributed by atoms with Crippen molar-refractivity contribution in [1.29, 1.82) is 0 Å². The zero-order valence-corrected chi connectivity index (χ0v) is 18.2. The minimum Gasteiger partial charge on any atom is -0.273 e. The molecule has 29 heavy (non-hydrogen) atoms. The number of halogens is 1. The number of carbonyl (C=O) groups is 2. The second-order valence-corrected chi connectivity index (χ2v) is 8.37. The van der Waals surface area contributed by atoms with Gasteiger partial charge in [-0.15, -0.1) is 10.2 Å². The fraction of sp³-hybridized carbons (Fsp3) is 0.238. The van der Waals surface area contributed by atoms with E-state index in [1.807, 2.05) is 48.5 Å². The first-order chi connectivity index (χ1) is 14.1. The van der Waals surface area contributed by atoms with Crippen molar-refractivity contribution in [2.45, 2.75) is 26.2 Å². The number of hydrogen-bond acceptors (Lipinski definition) is 5. The van der Waals surface area contributed by atoms with Gasteiger partial charge in [0.2, 0.25) is 5.91 Å². The molecule has 0 saturated carbocycles. The van der Waals surface area contributed by atoms with Crippen LogP contribution in [0.3, 0.4) is 0 Å². The summed E-state index contributed by atoms with van der Waals surface area (Å²) in [6.07, 6.45) is 3.31. The Kier molecular flexibility index (Phi) is 5.82. The molecule has 0 spiro atoms.